The van der Waals surface area contributed by atoms with Crippen molar-refractivity contribution in [3.05, 3.63) is 18.0 Å². The first-order chi connectivity index (χ1) is 9.67. The Morgan fingerprint density at radius 2 is 2.10 bits per heavy atom. The third-order valence-electron chi connectivity index (χ3n) is 3.54. The topological polar surface area (TPSA) is 67.6 Å². The first-order valence-corrected chi connectivity index (χ1v) is 7.37. The summed E-state index contributed by atoms with van der Waals surface area (Å²) in [4.78, 5) is 13.6. The van der Waals surface area contributed by atoms with E-state index in [-0.39, 0.29) is 18.7 Å². The lowest BCUT2D eigenvalue weighted by Crippen LogP contribution is -2.35. The minimum absolute atomic E-state index is 0.218. The van der Waals surface area contributed by atoms with Gasteiger partial charge in [-0.3, -0.25) is 4.68 Å². The lowest BCUT2D eigenvalue weighted by atomic mass is 10.1. The third kappa shape index (κ3) is 3.75. The molecule has 1 amide bonds. The highest BCUT2D eigenvalue weighted by atomic mass is 16.6. The van der Waals surface area contributed by atoms with Crippen LogP contribution < -0.4 is 0 Å². The molecule has 2 rings (SSSR count). The van der Waals surface area contributed by atoms with E-state index in [4.69, 9.17) is 4.74 Å². The van der Waals surface area contributed by atoms with Crippen molar-refractivity contribution < 1.29 is 14.6 Å². The van der Waals surface area contributed by atoms with Crippen LogP contribution in [0.3, 0.4) is 0 Å². The lowest BCUT2D eigenvalue weighted by Gasteiger charge is -2.24. The van der Waals surface area contributed by atoms with Gasteiger partial charge in [-0.2, -0.15) is 5.10 Å². The van der Waals surface area contributed by atoms with Crippen molar-refractivity contribution in [1.29, 1.82) is 0 Å². The molecule has 6 nitrogen and oxygen atoms in total. The molecular formula is C15H25N3O3. The number of hydrogen-bond donors (Lipinski definition) is 1. The van der Waals surface area contributed by atoms with Gasteiger partial charge < -0.3 is 14.7 Å². The minimum atomic E-state index is -0.627. The highest BCUT2D eigenvalue weighted by Gasteiger charge is 2.37. The Labute approximate surface area is 125 Å². The Hall–Kier alpha value is -1.56. The molecule has 6 heteroatoms. The van der Waals surface area contributed by atoms with Crippen LogP contribution in [0.1, 0.15) is 52.1 Å². The first kappa shape index (κ1) is 15.8. The molecule has 1 aliphatic heterocycles. The number of aromatic nitrogens is 2. The van der Waals surface area contributed by atoms with Gasteiger partial charge in [-0.25, -0.2) is 4.79 Å². The van der Waals surface area contributed by atoms with Crippen molar-refractivity contribution >= 4 is 6.09 Å². The zero-order valence-corrected chi connectivity index (χ0v) is 13.4. The number of aliphatic hydroxyl groups excluding tert-OH is 1. The maximum absolute atomic E-state index is 12.1. The normalized spacial score (nSPS) is 22.9. The summed E-state index contributed by atoms with van der Waals surface area (Å²) in [6.07, 6.45) is 2.74. The van der Waals surface area contributed by atoms with Crippen LogP contribution in [-0.2, 0) is 4.74 Å². The van der Waals surface area contributed by atoms with Gasteiger partial charge in [0.15, 0.2) is 0 Å². The maximum atomic E-state index is 12.1. The Balaban J connectivity index is 2.05. The molecule has 0 aliphatic carbocycles. The Bertz CT molecular complexity index is 505. The summed E-state index contributed by atoms with van der Waals surface area (Å²) in [5.41, 5.74) is 0.592. The zero-order valence-electron chi connectivity index (χ0n) is 13.4. The highest BCUT2D eigenvalue weighted by Crippen LogP contribution is 2.25. The molecule has 0 spiro atoms. The molecule has 1 saturated heterocycles. The maximum Gasteiger partial charge on any atom is 0.410 e. The van der Waals surface area contributed by atoms with Crippen molar-refractivity contribution in [2.45, 2.75) is 58.3 Å². The summed E-state index contributed by atoms with van der Waals surface area (Å²) < 4.78 is 7.10. The van der Waals surface area contributed by atoms with Crippen molar-refractivity contribution in [1.82, 2.24) is 14.7 Å². The summed E-state index contributed by atoms with van der Waals surface area (Å²) in [6, 6.07) is -0.218. The molecule has 2 atom stereocenters. The zero-order chi connectivity index (χ0) is 15.8. The third-order valence-corrected chi connectivity index (χ3v) is 3.54. The molecule has 1 N–H and O–H groups in total. The number of likely N-dealkylation sites (tertiary alicyclic amines) is 1. The number of hydrogen-bond acceptors (Lipinski definition) is 4. The number of rotatable bonds is 2. The monoisotopic (exact) mass is 295 g/mol. The van der Waals surface area contributed by atoms with E-state index < -0.39 is 11.7 Å². The van der Waals surface area contributed by atoms with Crippen LogP contribution in [0.4, 0.5) is 4.79 Å². The van der Waals surface area contributed by atoms with Crippen molar-refractivity contribution in [3.8, 4) is 0 Å². The number of β-amino-alcohol motifs (C(OH)–C–C–N with tert-alkyl or cyclic N) is 1. The van der Waals surface area contributed by atoms with Gasteiger partial charge in [-0.05, 0) is 32.3 Å². The molecular weight excluding hydrogens is 270 g/mol. The highest BCUT2D eigenvalue weighted by molar-refractivity contribution is 5.68. The van der Waals surface area contributed by atoms with Crippen molar-refractivity contribution in [2.24, 2.45) is 0 Å². The molecule has 118 valence electrons. The number of amides is 1. The number of carbonyl (C=O) groups excluding carboxylic acids is 1. The van der Waals surface area contributed by atoms with E-state index in [9.17, 15) is 9.90 Å². The average Bonchev–Trinajstić information content (AvgIpc) is 2.92. The van der Waals surface area contributed by atoms with Crippen LogP contribution in [0.15, 0.2) is 12.4 Å². The van der Waals surface area contributed by atoms with Crippen LogP contribution in [-0.4, -0.2) is 50.7 Å². The van der Waals surface area contributed by atoms with E-state index in [0.29, 0.717) is 12.5 Å². The van der Waals surface area contributed by atoms with E-state index >= 15 is 0 Å². The van der Waals surface area contributed by atoms with Gasteiger partial charge in [0.1, 0.15) is 5.60 Å². The van der Waals surface area contributed by atoms with Crippen molar-refractivity contribution in [2.75, 3.05) is 13.1 Å². The fourth-order valence-electron chi connectivity index (χ4n) is 2.34. The minimum Gasteiger partial charge on any atom is -0.444 e. The molecule has 0 aromatic carbocycles. The van der Waals surface area contributed by atoms with Crippen molar-refractivity contribution in [3.63, 3.8) is 0 Å². The summed E-state index contributed by atoms with van der Waals surface area (Å²) in [5.74, 6) is 0.388. The summed E-state index contributed by atoms with van der Waals surface area (Å²) in [6.45, 7) is 10.4. The van der Waals surface area contributed by atoms with Gasteiger partial charge in [-0.15, -0.1) is 0 Å². The van der Waals surface area contributed by atoms with Crippen LogP contribution >= 0.6 is 0 Å². The number of aliphatic hydroxyl groups is 1. The summed E-state index contributed by atoms with van der Waals surface area (Å²) in [7, 11) is 0. The average molecular weight is 295 g/mol. The largest absolute Gasteiger partial charge is 0.444 e. The summed E-state index contributed by atoms with van der Waals surface area (Å²) >= 11 is 0. The van der Waals surface area contributed by atoms with Gasteiger partial charge in [0.05, 0.1) is 24.9 Å². The van der Waals surface area contributed by atoms with Crippen LogP contribution in [0.2, 0.25) is 0 Å². The molecule has 1 aromatic rings. The Morgan fingerprint density at radius 3 is 2.62 bits per heavy atom. The fraction of sp³-hybridized carbons (Fsp3) is 0.733. The van der Waals surface area contributed by atoms with Crippen LogP contribution in [0.25, 0.3) is 0 Å². The smallest absolute Gasteiger partial charge is 0.410 e. The van der Waals surface area contributed by atoms with E-state index in [1.807, 2.05) is 33.2 Å². The van der Waals surface area contributed by atoms with Gasteiger partial charge in [0.25, 0.3) is 0 Å². The number of carbonyl (C=O) groups is 1. The molecule has 1 unspecified atom stereocenters. The van der Waals surface area contributed by atoms with Crippen LogP contribution in [0.5, 0.6) is 0 Å². The van der Waals surface area contributed by atoms with Gasteiger partial charge in [0, 0.05) is 12.7 Å². The molecule has 1 aromatic heterocycles. The second-order valence-corrected chi connectivity index (χ2v) is 6.93. The van der Waals surface area contributed by atoms with E-state index in [1.54, 1.807) is 4.68 Å². The first-order valence-electron chi connectivity index (χ1n) is 7.37. The van der Waals surface area contributed by atoms with E-state index in [0.717, 1.165) is 5.56 Å². The van der Waals surface area contributed by atoms with Gasteiger partial charge in [0.2, 0.25) is 0 Å². The Morgan fingerprint density at radius 1 is 1.43 bits per heavy atom. The summed E-state index contributed by atoms with van der Waals surface area (Å²) in [5, 5.41) is 14.5. The fourth-order valence-corrected chi connectivity index (χ4v) is 2.34. The molecule has 0 radical (unpaired) electrons. The molecule has 0 bridgehead atoms. The molecule has 0 saturated carbocycles. The molecule has 1 fully saturated rings. The molecule has 21 heavy (non-hydrogen) atoms. The van der Waals surface area contributed by atoms with E-state index in [2.05, 4.69) is 18.9 Å². The predicted octanol–water partition coefficient (Wildman–Crippen LogP) is 2.16. The standard InChI is InChI=1S/C15H25N3O3/c1-10(2)11-6-16-18(7-11)12-8-17(9-13(12)19)14(20)21-15(3,4)5/h6-7,10,12-13,19H,8-9H2,1-5H3/t12?,13-/m1/s1. The lowest BCUT2D eigenvalue weighted by molar-refractivity contribution is 0.0270. The van der Waals surface area contributed by atoms with Crippen LogP contribution in [0, 0.1) is 0 Å². The number of nitrogens with zero attached hydrogens (tertiary/aromatic N) is 3. The second-order valence-electron chi connectivity index (χ2n) is 6.93. The molecule has 1 aliphatic rings. The SMILES string of the molecule is CC(C)c1cnn(C2CN(C(=O)OC(C)(C)C)C[C@H]2O)c1. The molecule has 2 heterocycles. The predicted molar refractivity (Wildman–Crippen MR) is 79.2 cm³/mol. The second kappa shape index (κ2) is 5.67. The number of ether oxygens (including phenoxy) is 1. The van der Waals surface area contributed by atoms with Gasteiger partial charge in [-0.1, -0.05) is 13.8 Å². The Kier molecular flexibility index (Phi) is 4.27. The van der Waals surface area contributed by atoms with E-state index in [1.165, 1.54) is 4.90 Å². The van der Waals surface area contributed by atoms with Gasteiger partial charge >= 0.3 is 6.09 Å². The quantitative estimate of drug-likeness (QED) is 0.908.